The summed E-state index contributed by atoms with van der Waals surface area (Å²) < 4.78 is 39.1. The number of nitrogens with zero attached hydrogens (tertiary/aromatic N) is 4. The van der Waals surface area contributed by atoms with Crippen LogP contribution in [-0.2, 0) is 14.8 Å². The Kier molecular flexibility index (Phi) is 6.84. The van der Waals surface area contributed by atoms with E-state index in [9.17, 15) is 8.42 Å². The molecule has 1 saturated heterocycles. The number of aliphatic hydroxyl groups excluding tert-OH is 1. The minimum absolute atomic E-state index is 0.174. The molecule has 3 aromatic rings. The lowest BCUT2D eigenvalue weighted by atomic mass is 10.0. The van der Waals surface area contributed by atoms with Gasteiger partial charge in [0.2, 0.25) is 21.8 Å². The van der Waals surface area contributed by atoms with E-state index < -0.39 is 16.6 Å². The molecule has 6 rings (SSSR count). The number of fused-ring (bicyclic) bond motifs is 6. The van der Waals surface area contributed by atoms with E-state index in [2.05, 4.69) is 30.1 Å². The lowest BCUT2D eigenvalue weighted by molar-refractivity contribution is 0.0370. The molecule has 0 unspecified atom stereocenters. The summed E-state index contributed by atoms with van der Waals surface area (Å²) in [7, 11) is -3.66. The van der Waals surface area contributed by atoms with Gasteiger partial charge in [0, 0.05) is 38.0 Å². The Morgan fingerprint density at radius 3 is 2.80 bits per heavy atom. The van der Waals surface area contributed by atoms with Gasteiger partial charge in [0.25, 0.3) is 0 Å². The Labute approximate surface area is 203 Å². The fourth-order valence-corrected chi connectivity index (χ4v) is 5.13. The molecule has 35 heavy (non-hydrogen) atoms. The average Bonchev–Trinajstić information content (AvgIpc) is 3.34. The van der Waals surface area contributed by atoms with Gasteiger partial charge >= 0.3 is 0 Å². The molecule has 186 valence electrons. The molecule has 2 aromatic heterocycles. The van der Waals surface area contributed by atoms with Crippen LogP contribution in [0.3, 0.4) is 0 Å². The molecule has 6 bridgehead atoms. The Morgan fingerprint density at radius 2 is 1.97 bits per heavy atom. The van der Waals surface area contributed by atoms with Crippen LogP contribution in [-0.4, -0.2) is 73.4 Å². The zero-order valence-corrected chi connectivity index (χ0v) is 20.0. The fraction of sp³-hybridized carbons (Fsp3) is 0.435. The summed E-state index contributed by atoms with van der Waals surface area (Å²) in [6.07, 6.45) is 4.43. The number of aromatic nitrogens is 3. The molecule has 12 heteroatoms. The van der Waals surface area contributed by atoms with Crippen LogP contribution in [0.5, 0.6) is 0 Å². The monoisotopic (exact) mass is 500 g/mol. The molecular formula is C23H28N6O5S. The van der Waals surface area contributed by atoms with E-state index in [0.29, 0.717) is 29.6 Å². The van der Waals surface area contributed by atoms with Crippen molar-refractivity contribution in [2.45, 2.75) is 25.4 Å². The molecule has 0 spiro atoms. The summed E-state index contributed by atoms with van der Waals surface area (Å²) in [6, 6.07) is 8.89. The second-order valence-electron chi connectivity index (χ2n) is 8.56. The number of hydrogen-bond donors (Lipinski definition) is 3. The molecule has 0 atom stereocenters. The molecule has 0 aliphatic carbocycles. The molecule has 1 fully saturated rings. The first-order valence-corrected chi connectivity index (χ1v) is 13.3. The Balaban J connectivity index is 1.54. The molecule has 1 aromatic carbocycles. The fourth-order valence-electron chi connectivity index (χ4n) is 4.30. The highest BCUT2D eigenvalue weighted by Crippen LogP contribution is 2.36. The van der Waals surface area contributed by atoms with Crippen LogP contribution in [0.25, 0.3) is 22.9 Å². The van der Waals surface area contributed by atoms with Crippen LogP contribution in [0.15, 0.2) is 40.9 Å². The Bertz CT molecular complexity index is 1270. The first kappa shape index (κ1) is 23.5. The van der Waals surface area contributed by atoms with Crippen molar-refractivity contribution in [2.24, 2.45) is 0 Å². The standard InChI is InChI=1S/C23H28N6O5S/c30-11-13-35(31,32)28-17-2-3-19-20(15-17)29-9-5-18(6-10-29)33-12-1-7-24-21-14-16(4-8-25-21)22-26-27-23(19)34-22/h2-4,8,14-15,18,28,30H,1,5-7,9-13H2,(H,24,25). The highest BCUT2D eigenvalue weighted by atomic mass is 32.2. The molecule has 5 heterocycles. The van der Waals surface area contributed by atoms with Crippen LogP contribution in [0.4, 0.5) is 17.2 Å². The second kappa shape index (κ2) is 10.2. The zero-order valence-electron chi connectivity index (χ0n) is 19.2. The third-order valence-corrected chi connectivity index (χ3v) is 7.32. The number of hydrogen-bond acceptors (Lipinski definition) is 10. The van der Waals surface area contributed by atoms with E-state index in [-0.39, 0.29) is 11.9 Å². The number of pyridine rings is 1. The summed E-state index contributed by atoms with van der Waals surface area (Å²) in [6.45, 7) is 2.44. The van der Waals surface area contributed by atoms with Gasteiger partial charge in [-0.25, -0.2) is 13.4 Å². The quantitative estimate of drug-likeness (QED) is 0.488. The zero-order chi connectivity index (χ0) is 24.3. The van der Waals surface area contributed by atoms with E-state index in [4.69, 9.17) is 14.3 Å². The van der Waals surface area contributed by atoms with Crippen LogP contribution in [0, 0.1) is 0 Å². The first-order valence-electron chi connectivity index (χ1n) is 11.7. The molecule has 3 aliphatic heterocycles. The van der Waals surface area contributed by atoms with Crippen molar-refractivity contribution in [3.63, 3.8) is 0 Å². The number of piperidine rings is 1. The second-order valence-corrected chi connectivity index (χ2v) is 10.4. The number of nitrogens with one attached hydrogen (secondary N) is 2. The number of rotatable bonds is 4. The molecule has 3 aliphatic rings. The van der Waals surface area contributed by atoms with E-state index in [1.165, 1.54) is 0 Å². The van der Waals surface area contributed by atoms with Crippen molar-refractivity contribution in [1.82, 2.24) is 15.2 Å². The third-order valence-electron chi connectivity index (χ3n) is 6.06. The number of aliphatic hydroxyl groups is 1. The van der Waals surface area contributed by atoms with Gasteiger partial charge in [-0.05, 0) is 49.6 Å². The van der Waals surface area contributed by atoms with Crippen LogP contribution < -0.4 is 14.9 Å². The number of sulfonamides is 1. The predicted octanol–water partition coefficient (Wildman–Crippen LogP) is 2.33. The maximum Gasteiger partial charge on any atom is 0.250 e. The summed E-state index contributed by atoms with van der Waals surface area (Å²) in [5.74, 6) is 1.06. The summed E-state index contributed by atoms with van der Waals surface area (Å²) >= 11 is 0. The van der Waals surface area contributed by atoms with E-state index in [1.807, 2.05) is 12.1 Å². The maximum atomic E-state index is 12.2. The van der Waals surface area contributed by atoms with Crippen molar-refractivity contribution in [3.8, 4) is 22.9 Å². The topological polar surface area (TPSA) is 143 Å². The number of anilines is 3. The lowest BCUT2D eigenvalue weighted by Gasteiger charge is -2.34. The molecule has 0 radical (unpaired) electrons. The van der Waals surface area contributed by atoms with Gasteiger partial charge in [0.05, 0.1) is 35.4 Å². The third kappa shape index (κ3) is 5.55. The van der Waals surface area contributed by atoms with Gasteiger partial charge in [0.1, 0.15) is 5.82 Å². The van der Waals surface area contributed by atoms with E-state index >= 15 is 0 Å². The highest BCUT2D eigenvalue weighted by molar-refractivity contribution is 7.92. The maximum absolute atomic E-state index is 12.2. The lowest BCUT2D eigenvalue weighted by Crippen LogP contribution is -2.37. The van der Waals surface area contributed by atoms with Crippen LogP contribution in [0.2, 0.25) is 0 Å². The largest absolute Gasteiger partial charge is 0.416 e. The van der Waals surface area contributed by atoms with Gasteiger partial charge in [-0.1, -0.05) is 0 Å². The van der Waals surface area contributed by atoms with Gasteiger partial charge in [-0.2, -0.15) is 0 Å². The normalized spacial score (nSPS) is 16.9. The SMILES string of the molecule is O=S(=O)(CCO)Nc1ccc2c(c1)N1CCC(CC1)OCCCNc1cc(ccn1)-c1nnc-2o1. The molecular weight excluding hydrogens is 472 g/mol. The molecule has 0 amide bonds. The van der Waals surface area contributed by atoms with Gasteiger partial charge in [-0.3, -0.25) is 4.72 Å². The van der Waals surface area contributed by atoms with Gasteiger partial charge < -0.3 is 24.5 Å². The summed E-state index contributed by atoms with van der Waals surface area (Å²) in [5, 5.41) is 20.9. The van der Waals surface area contributed by atoms with Crippen molar-refractivity contribution in [1.29, 1.82) is 0 Å². The smallest absolute Gasteiger partial charge is 0.250 e. The predicted molar refractivity (Wildman–Crippen MR) is 132 cm³/mol. The number of benzene rings is 1. The minimum atomic E-state index is -3.66. The van der Waals surface area contributed by atoms with Gasteiger partial charge in [-0.15, -0.1) is 10.2 Å². The van der Waals surface area contributed by atoms with Gasteiger partial charge in [0.15, 0.2) is 0 Å². The molecule has 0 saturated carbocycles. The average molecular weight is 501 g/mol. The van der Waals surface area contributed by atoms with Crippen LogP contribution >= 0.6 is 0 Å². The minimum Gasteiger partial charge on any atom is -0.416 e. The summed E-state index contributed by atoms with van der Waals surface area (Å²) in [4.78, 5) is 6.55. The molecule has 3 N–H and O–H groups in total. The number of ether oxygens (including phenoxy) is 1. The van der Waals surface area contributed by atoms with Crippen molar-refractivity contribution >= 4 is 27.2 Å². The molecule has 11 nitrogen and oxygen atoms in total. The van der Waals surface area contributed by atoms with Crippen LogP contribution in [0.1, 0.15) is 19.3 Å². The first-order chi connectivity index (χ1) is 17.0. The Hall–Kier alpha value is -3.22. The Morgan fingerprint density at radius 1 is 1.14 bits per heavy atom. The summed E-state index contributed by atoms with van der Waals surface area (Å²) in [5.41, 5.74) is 2.67. The van der Waals surface area contributed by atoms with Crippen molar-refractivity contribution < 1.29 is 22.7 Å². The van der Waals surface area contributed by atoms with Crippen molar-refractivity contribution in [2.75, 3.05) is 53.5 Å². The highest BCUT2D eigenvalue weighted by Gasteiger charge is 2.25. The van der Waals surface area contributed by atoms with E-state index in [1.54, 1.807) is 24.4 Å². The van der Waals surface area contributed by atoms with E-state index in [0.717, 1.165) is 56.0 Å². The van der Waals surface area contributed by atoms with Crippen molar-refractivity contribution in [3.05, 3.63) is 36.5 Å².